The molecule has 1 N–H and O–H groups in total. The number of pyridine rings is 1. The second-order valence-electron chi connectivity index (χ2n) is 5.56. The number of hydrogen-bond donors (Lipinski definition) is 1. The number of aryl methyl sites for hydroxylation is 1. The molecule has 1 aromatic carbocycles. The second kappa shape index (κ2) is 7.23. The zero-order valence-electron chi connectivity index (χ0n) is 13.3. The molecule has 21 heavy (non-hydrogen) atoms. The van der Waals surface area contributed by atoms with Crippen molar-refractivity contribution in [3.63, 3.8) is 0 Å². The van der Waals surface area contributed by atoms with Crippen molar-refractivity contribution >= 4 is 0 Å². The highest BCUT2D eigenvalue weighted by molar-refractivity contribution is 5.43. The van der Waals surface area contributed by atoms with E-state index in [1.807, 2.05) is 12.3 Å². The first-order valence-corrected chi connectivity index (χ1v) is 7.53. The lowest BCUT2D eigenvalue weighted by molar-refractivity contribution is 0.463. The molecule has 2 rings (SSSR count). The minimum atomic E-state index is 0.430. The lowest BCUT2D eigenvalue weighted by Gasteiger charge is -2.16. The standard InChI is InChI=1S/C18H24N2O/c1-5-19-11-15-12-20-9-8-17(15)21-18-10-14(4)6-7-16(18)13(2)3/h6-10,12-13,19H,5,11H2,1-4H3. The maximum atomic E-state index is 6.20. The fourth-order valence-corrected chi connectivity index (χ4v) is 2.23. The van der Waals surface area contributed by atoms with Gasteiger partial charge < -0.3 is 10.1 Å². The Labute approximate surface area is 127 Å². The molecule has 3 heteroatoms. The van der Waals surface area contributed by atoms with E-state index >= 15 is 0 Å². The lowest BCUT2D eigenvalue weighted by atomic mass is 10.0. The van der Waals surface area contributed by atoms with Crippen LogP contribution in [-0.4, -0.2) is 11.5 Å². The number of ether oxygens (including phenoxy) is 1. The van der Waals surface area contributed by atoms with Crippen LogP contribution in [0.1, 0.15) is 43.4 Å². The molecule has 0 fully saturated rings. The van der Waals surface area contributed by atoms with Crippen LogP contribution in [0.15, 0.2) is 36.7 Å². The van der Waals surface area contributed by atoms with Crippen LogP contribution in [0, 0.1) is 6.92 Å². The van der Waals surface area contributed by atoms with Crippen molar-refractivity contribution in [3.05, 3.63) is 53.3 Å². The summed E-state index contributed by atoms with van der Waals surface area (Å²) in [6.45, 7) is 10.2. The molecule has 1 aromatic heterocycles. The average molecular weight is 284 g/mol. The first-order chi connectivity index (χ1) is 10.1. The zero-order chi connectivity index (χ0) is 15.2. The van der Waals surface area contributed by atoms with E-state index in [1.165, 1.54) is 11.1 Å². The molecule has 0 spiro atoms. The Hall–Kier alpha value is -1.87. The molecule has 0 aliphatic carbocycles. The average Bonchev–Trinajstić information content (AvgIpc) is 2.46. The number of nitrogens with zero attached hydrogens (tertiary/aromatic N) is 1. The van der Waals surface area contributed by atoms with Crippen LogP contribution in [0.25, 0.3) is 0 Å². The molecule has 0 amide bonds. The molecule has 0 aliphatic rings. The van der Waals surface area contributed by atoms with Gasteiger partial charge in [-0.3, -0.25) is 4.98 Å². The van der Waals surface area contributed by atoms with Gasteiger partial charge in [0.15, 0.2) is 0 Å². The molecule has 1 heterocycles. The minimum absolute atomic E-state index is 0.430. The van der Waals surface area contributed by atoms with Crippen molar-refractivity contribution in [2.24, 2.45) is 0 Å². The smallest absolute Gasteiger partial charge is 0.135 e. The Balaban J connectivity index is 2.31. The summed E-state index contributed by atoms with van der Waals surface area (Å²) in [7, 11) is 0. The Morgan fingerprint density at radius 3 is 2.71 bits per heavy atom. The van der Waals surface area contributed by atoms with Crippen molar-refractivity contribution in [1.82, 2.24) is 10.3 Å². The molecule has 0 bridgehead atoms. The fraction of sp³-hybridized carbons (Fsp3) is 0.389. The molecule has 0 saturated heterocycles. The van der Waals surface area contributed by atoms with Crippen LogP contribution in [0.2, 0.25) is 0 Å². The summed E-state index contributed by atoms with van der Waals surface area (Å²) in [6, 6.07) is 8.32. The van der Waals surface area contributed by atoms with Gasteiger partial charge in [-0.25, -0.2) is 0 Å². The summed E-state index contributed by atoms with van der Waals surface area (Å²) in [4.78, 5) is 4.19. The summed E-state index contributed by atoms with van der Waals surface area (Å²) in [5.74, 6) is 2.24. The van der Waals surface area contributed by atoms with Crippen molar-refractivity contribution in [2.75, 3.05) is 6.54 Å². The number of hydrogen-bond acceptors (Lipinski definition) is 3. The van der Waals surface area contributed by atoms with E-state index in [2.05, 4.69) is 56.2 Å². The van der Waals surface area contributed by atoms with E-state index in [0.717, 1.165) is 30.2 Å². The molecule has 0 radical (unpaired) electrons. The van der Waals surface area contributed by atoms with Crippen molar-refractivity contribution in [2.45, 2.75) is 40.2 Å². The quantitative estimate of drug-likeness (QED) is 0.853. The molecule has 112 valence electrons. The van der Waals surface area contributed by atoms with Crippen LogP contribution in [0.3, 0.4) is 0 Å². The third-order valence-electron chi connectivity index (χ3n) is 3.44. The van der Waals surface area contributed by atoms with Crippen LogP contribution >= 0.6 is 0 Å². The molecule has 0 atom stereocenters. The predicted molar refractivity (Wildman–Crippen MR) is 87.0 cm³/mol. The van der Waals surface area contributed by atoms with E-state index in [9.17, 15) is 0 Å². The van der Waals surface area contributed by atoms with Gasteiger partial charge >= 0.3 is 0 Å². The molecular weight excluding hydrogens is 260 g/mol. The first-order valence-electron chi connectivity index (χ1n) is 7.53. The molecule has 0 aliphatic heterocycles. The van der Waals surface area contributed by atoms with Gasteiger partial charge in [-0.1, -0.05) is 32.9 Å². The van der Waals surface area contributed by atoms with E-state index < -0.39 is 0 Å². The normalized spacial score (nSPS) is 10.9. The van der Waals surface area contributed by atoms with E-state index in [1.54, 1.807) is 6.20 Å². The van der Waals surface area contributed by atoms with Crippen molar-refractivity contribution in [1.29, 1.82) is 0 Å². The summed E-state index contributed by atoms with van der Waals surface area (Å²) in [5, 5.41) is 3.32. The summed E-state index contributed by atoms with van der Waals surface area (Å²) < 4.78 is 6.20. The largest absolute Gasteiger partial charge is 0.457 e. The summed E-state index contributed by atoms with van der Waals surface area (Å²) >= 11 is 0. The number of nitrogens with one attached hydrogen (secondary N) is 1. The Bertz CT molecular complexity index is 594. The molecule has 2 aromatic rings. The highest BCUT2D eigenvalue weighted by Crippen LogP contribution is 2.32. The third kappa shape index (κ3) is 4.05. The second-order valence-corrected chi connectivity index (χ2v) is 5.56. The lowest BCUT2D eigenvalue weighted by Crippen LogP contribution is -2.12. The van der Waals surface area contributed by atoms with Gasteiger partial charge in [0.25, 0.3) is 0 Å². The maximum absolute atomic E-state index is 6.20. The van der Waals surface area contributed by atoms with Gasteiger partial charge in [0.1, 0.15) is 11.5 Å². The SMILES string of the molecule is CCNCc1cnccc1Oc1cc(C)ccc1C(C)C. The Morgan fingerprint density at radius 1 is 1.19 bits per heavy atom. The van der Waals surface area contributed by atoms with Crippen molar-refractivity contribution in [3.8, 4) is 11.5 Å². The van der Waals surface area contributed by atoms with E-state index in [0.29, 0.717) is 5.92 Å². The monoisotopic (exact) mass is 284 g/mol. The third-order valence-corrected chi connectivity index (χ3v) is 3.44. The van der Waals surface area contributed by atoms with E-state index in [4.69, 9.17) is 4.74 Å². The van der Waals surface area contributed by atoms with Gasteiger partial charge in [-0.2, -0.15) is 0 Å². The van der Waals surface area contributed by atoms with Gasteiger partial charge in [0.05, 0.1) is 0 Å². The number of rotatable bonds is 6. The topological polar surface area (TPSA) is 34.2 Å². The highest BCUT2D eigenvalue weighted by atomic mass is 16.5. The minimum Gasteiger partial charge on any atom is -0.457 e. The predicted octanol–water partition coefficient (Wildman–Crippen LogP) is 4.42. The van der Waals surface area contributed by atoms with Crippen LogP contribution in [0.5, 0.6) is 11.5 Å². The summed E-state index contributed by atoms with van der Waals surface area (Å²) in [6.07, 6.45) is 3.64. The van der Waals surface area contributed by atoms with Gasteiger partial charge in [0.2, 0.25) is 0 Å². The number of benzene rings is 1. The highest BCUT2D eigenvalue weighted by Gasteiger charge is 2.11. The Kier molecular flexibility index (Phi) is 5.34. The van der Waals surface area contributed by atoms with Crippen molar-refractivity contribution < 1.29 is 4.74 Å². The molecule has 3 nitrogen and oxygen atoms in total. The fourth-order valence-electron chi connectivity index (χ4n) is 2.23. The van der Waals surface area contributed by atoms with Crippen LogP contribution in [0.4, 0.5) is 0 Å². The molecule has 0 saturated carbocycles. The first kappa shape index (κ1) is 15.5. The van der Waals surface area contributed by atoms with Gasteiger partial charge in [-0.05, 0) is 42.6 Å². The van der Waals surface area contributed by atoms with E-state index in [-0.39, 0.29) is 0 Å². The number of aromatic nitrogens is 1. The van der Waals surface area contributed by atoms with Gasteiger partial charge in [0, 0.05) is 24.5 Å². The summed E-state index contributed by atoms with van der Waals surface area (Å²) in [5.41, 5.74) is 3.51. The van der Waals surface area contributed by atoms with Crippen LogP contribution in [-0.2, 0) is 6.54 Å². The molecular formula is C18H24N2O. The Morgan fingerprint density at radius 2 is 2.00 bits per heavy atom. The van der Waals surface area contributed by atoms with Crippen LogP contribution < -0.4 is 10.1 Å². The zero-order valence-corrected chi connectivity index (χ0v) is 13.3. The molecule has 0 unspecified atom stereocenters. The van der Waals surface area contributed by atoms with Gasteiger partial charge in [-0.15, -0.1) is 0 Å². The maximum Gasteiger partial charge on any atom is 0.135 e.